The van der Waals surface area contributed by atoms with Gasteiger partial charge in [0.2, 0.25) is 5.91 Å². The van der Waals surface area contributed by atoms with Crippen molar-refractivity contribution in [1.82, 2.24) is 9.80 Å². The van der Waals surface area contributed by atoms with E-state index in [-0.39, 0.29) is 24.8 Å². The Bertz CT molecular complexity index is 1020. The Morgan fingerprint density at radius 3 is 2.58 bits per heavy atom. The molecule has 2 aromatic rings. The molecule has 0 aliphatic carbocycles. The van der Waals surface area contributed by atoms with Crippen LogP contribution < -0.4 is 5.32 Å². The fraction of sp³-hybridized carbons (Fsp3) is 0.227. The van der Waals surface area contributed by atoms with Gasteiger partial charge in [-0.25, -0.2) is 4.39 Å². The third kappa shape index (κ3) is 5.61. The van der Waals surface area contributed by atoms with Crippen LogP contribution in [0.25, 0.3) is 0 Å². The fourth-order valence-corrected chi connectivity index (χ4v) is 4.21. The van der Waals surface area contributed by atoms with Crippen molar-refractivity contribution < 1.29 is 14.0 Å². The Balaban J connectivity index is 1.74. The summed E-state index contributed by atoms with van der Waals surface area (Å²) >= 11 is 17.7. The Morgan fingerprint density at radius 1 is 1.23 bits per heavy atom. The topological polar surface area (TPSA) is 52.7 Å². The van der Waals surface area contributed by atoms with E-state index in [9.17, 15) is 14.0 Å². The number of hydrogen-bond acceptors (Lipinski definition) is 3. The second-order valence-electron chi connectivity index (χ2n) is 6.97. The molecule has 0 bridgehead atoms. The number of amides is 2. The van der Waals surface area contributed by atoms with Gasteiger partial charge in [-0.05, 0) is 60.6 Å². The Labute approximate surface area is 195 Å². The van der Waals surface area contributed by atoms with Gasteiger partial charge in [-0.1, -0.05) is 35.3 Å². The van der Waals surface area contributed by atoms with E-state index in [4.69, 9.17) is 35.4 Å². The van der Waals surface area contributed by atoms with E-state index >= 15 is 0 Å². The van der Waals surface area contributed by atoms with Gasteiger partial charge in [0.05, 0.1) is 6.42 Å². The summed E-state index contributed by atoms with van der Waals surface area (Å²) in [5.74, 6) is -1.04. The molecule has 0 spiro atoms. The first kappa shape index (κ1) is 23.2. The first-order chi connectivity index (χ1) is 14.8. The number of benzene rings is 2. The molecule has 3 rings (SSSR count). The zero-order chi connectivity index (χ0) is 22.5. The van der Waals surface area contributed by atoms with Crippen LogP contribution in [0.4, 0.5) is 10.1 Å². The van der Waals surface area contributed by atoms with Crippen LogP contribution >= 0.6 is 35.4 Å². The second kappa shape index (κ2) is 10.2. The van der Waals surface area contributed by atoms with Crippen molar-refractivity contribution in [2.45, 2.75) is 18.9 Å². The minimum Gasteiger partial charge on any atom is -0.336 e. The number of carbonyl (C=O) groups excluding carboxylic acids is 2. The Kier molecular flexibility index (Phi) is 7.64. The van der Waals surface area contributed by atoms with Crippen molar-refractivity contribution in [3.63, 3.8) is 0 Å². The number of thiocarbonyl (C=S) groups is 1. The van der Waals surface area contributed by atoms with E-state index < -0.39 is 11.9 Å². The highest BCUT2D eigenvalue weighted by Crippen LogP contribution is 2.25. The molecule has 162 valence electrons. The van der Waals surface area contributed by atoms with E-state index in [1.165, 1.54) is 29.2 Å². The largest absolute Gasteiger partial charge is 0.336 e. The van der Waals surface area contributed by atoms with E-state index in [0.29, 0.717) is 33.8 Å². The number of halogens is 3. The number of hydrogen-bond donors (Lipinski definition) is 1. The molecule has 2 amide bonds. The summed E-state index contributed by atoms with van der Waals surface area (Å²) in [5, 5.41) is 4.09. The molecule has 1 fully saturated rings. The van der Waals surface area contributed by atoms with E-state index in [0.717, 1.165) is 5.56 Å². The summed E-state index contributed by atoms with van der Waals surface area (Å²) in [4.78, 5) is 28.7. The van der Waals surface area contributed by atoms with Crippen LogP contribution in [0, 0.1) is 5.82 Å². The maximum absolute atomic E-state index is 13.1. The van der Waals surface area contributed by atoms with Crippen molar-refractivity contribution in [1.29, 1.82) is 0 Å². The predicted molar refractivity (Wildman–Crippen MR) is 125 cm³/mol. The molecule has 31 heavy (non-hydrogen) atoms. The third-order valence-electron chi connectivity index (χ3n) is 4.86. The van der Waals surface area contributed by atoms with Gasteiger partial charge in [0.1, 0.15) is 11.9 Å². The Hall–Kier alpha value is -2.48. The minimum absolute atomic E-state index is 0.0989. The van der Waals surface area contributed by atoms with E-state index in [1.807, 2.05) is 6.07 Å². The number of rotatable bonds is 8. The second-order valence-corrected chi connectivity index (χ2v) is 8.18. The summed E-state index contributed by atoms with van der Waals surface area (Å²) in [6.07, 6.45) is 2.00. The van der Waals surface area contributed by atoms with Gasteiger partial charge in [0.25, 0.3) is 5.91 Å². The minimum atomic E-state index is -0.751. The van der Waals surface area contributed by atoms with Gasteiger partial charge in [-0.3, -0.25) is 14.5 Å². The molecule has 1 unspecified atom stereocenters. The molecular formula is C22H20Cl2FN3O2S. The normalized spacial score (nSPS) is 16.0. The van der Waals surface area contributed by atoms with Gasteiger partial charge in [0, 0.05) is 28.8 Å². The van der Waals surface area contributed by atoms with Crippen molar-refractivity contribution >= 4 is 58.0 Å². The molecule has 1 N–H and O–H groups in total. The number of carbonyl (C=O) groups is 2. The predicted octanol–water partition coefficient (Wildman–Crippen LogP) is 4.69. The smallest absolute Gasteiger partial charge is 0.252 e. The summed E-state index contributed by atoms with van der Waals surface area (Å²) in [5.41, 5.74) is 1.31. The quantitative estimate of drug-likeness (QED) is 0.440. The summed E-state index contributed by atoms with van der Waals surface area (Å²) < 4.78 is 13.1. The van der Waals surface area contributed by atoms with Crippen molar-refractivity contribution in [2.24, 2.45) is 0 Å². The van der Waals surface area contributed by atoms with Gasteiger partial charge in [0.15, 0.2) is 5.11 Å². The van der Waals surface area contributed by atoms with Gasteiger partial charge in [-0.2, -0.15) is 0 Å². The molecule has 0 saturated carbocycles. The lowest BCUT2D eigenvalue weighted by atomic mass is 10.1. The van der Waals surface area contributed by atoms with Crippen LogP contribution in [0.1, 0.15) is 12.0 Å². The zero-order valence-corrected chi connectivity index (χ0v) is 18.8. The van der Waals surface area contributed by atoms with Gasteiger partial charge < -0.3 is 10.2 Å². The molecule has 1 saturated heterocycles. The highest BCUT2D eigenvalue weighted by Gasteiger charge is 2.42. The average Bonchev–Trinajstić information content (AvgIpc) is 2.93. The number of nitrogens with zero attached hydrogens (tertiary/aromatic N) is 2. The maximum Gasteiger partial charge on any atom is 0.252 e. The van der Waals surface area contributed by atoms with Gasteiger partial charge in [-0.15, -0.1) is 6.58 Å². The Morgan fingerprint density at radius 2 is 1.94 bits per heavy atom. The molecule has 1 aliphatic heterocycles. The molecular weight excluding hydrogens is 460 g/mol. The van der Waals surface area contributed by atoms with E-state index in [2.05, 4.69) is 11.9 Å². The van der Waals surface area contributed by atoms with Crippen molar-refractivity contribution in [2.75, 3.05) is 18.4 Å². The lowest BCUT2D eigenvalue weighted by Gasteiger charge is -2.24. The lowest BCUT2D eigenvalue weighted by molar-refractivity contribution is -0.130. The number of anilines is 1. The first-order valence-corrected chi connectivity index (χ1v) is 10.7. The van der Waals surface area contributed by atoms with Gasteiger partial charge >= 0.3 is 0 Å². The monoisotopic (exact) mass is 479 g/mol. The standard InChI is InChI=1S/C22H20Cl2FN3O2S/c1-2-10-28-21(30)19(13-20(29)26-17-7-5-16(25)6-8-17)27(22(28)31)11-9-14-3-4-15(23)12-18(14)24/h2-8,12,19H,1,9-11,13H2,(H,26,29). The first-order valence-electron chi connectivity index (χ1n) is 9.52. The SMILES string of the molecule is C=CCN1C(=O)C(CC(=O)Nc2ccc(F)cc2)N(CCc2ccc(Cl)cc2Cl)C1=S. The molecule has 0 radical (unpaired) electrons. The molecule has 5 nitrogen and oxygen atoms in total. The highest BCUT2D eigenvalue weighted by molar-refractivity contribution is 7.80. The van der Waals surface area contributed by atoms with Crippen molar-refractivity contribution in [3.8, 4) is 0 Å². The van der Waals surface area contributed by atoms with Crippen LogP contribution in [-0.2, 0) is 16.0 Å². The van der Waals surface area contributed by atoms with E-state index in [1.54, 1.807) is 23.1 Å². The summed E-state index contributed by atoms with van der Waals surface area (Å²) in [6, 6.07) is 9.88. The molecule has 1 atom stereocenters. The fourth-order valence-electron chi connectivity index (χ4n) is 3.33. The molecule has 9 heteroatoms. The van der Waals surface area contributed by atoms with Crippen LogP contribution in [0.2, 0.25) is 10.0 Å². The number of nitrogens with one attached hydrogen (secondary N) is 1. The molecule has 2 aromatic carbocycles. The summed E-state index contributed by atoms with van der Waals surface area (Å²) in [7, 11) is 0. The van der Waals surface area contributed by atoms with Crippen LogP contribution in [0.3, 0.4) is 0 Å². The molecule has 0 aromatic heterocycles. The molecule has 1 aliphatic rings. The van der Waals surface area contributed by atoms with Crippen LogP contribution in [0.5, 0.6) is 0 Å². The third-order valence-corrected chi connectivity index (χ3v) is 5.90. The maximum atomic E-state index is 13.1. The average molecular weight is 480 g/mol. The zero-order valence-electron chi connectivity index (χ0n) is 16.5. The van der Waals surface area contributed by atoms with Crippen LogP contribution in [0.15, 0.2) is 55.1 Å². The lowest BCUT2D eigenvalue weighted by Crippen LogP contribution is -2.39. The highest BCUT2D eigenvalue weighted by atomic mass is 35.5. The summed E-state index contributed by atoms with van der Waals surface area (Å²) in [6.45, 7) is 4.32. The molecule has 1 heterocycles. The van der Waals surface area contributed by atoms with Crippen molar-refractivity contribution in [3.05, 3.63) is 76.5 Å². The van der Waals surface area contributed by atoms with Crippen LogP contribution in [-0.4, -0.2) is 45.9 Å².